The Bertz CT molecular complexity index is 462. The molecule has 0 spiro atoms. The number of carbonyl (C=O) groups is 1. The summed E-state index contributed by atoms with van der Waals surface area (Å²) in [5, 5.41) is 2.00. The minimum absolute atomic E-state index is 0.0114. The molecule has 0 fully saturated rings. The number of pyridine rings is 1. The van der Waals surface area contributed by atoms with Crippen molar-refractivity contribution in [3.8, 4) is 5.88 Å². The highest BCUT2D eigenvalue weighted by Gasteiger charge is 2.01. The topological polar surface area (TPSA) is 39.2 Å². The van der Waals surface area contributed by atoms with Crippen LogP contribution in [-0.4, -0.2) is 10.8 Å². The molecule has 2 rings (SSSR count). The van der Waals surface area contributed by atoms with Crippen LogP contribution in [0.2, 0.25) is 0 Å². The molecule has 0 saturated carbocycles. The first-order valence-corrected chi connectivity index (χ1v) is 5.76. The lowest BCUT2D eigenvalue weighted by molar-refractivity contribution is 0.101. The van der Waals surface area contributed by atoms with Gasteiger partial charge < -0.3 is 4.74 Å². The van der Waals surface area contributed by atoms with Crippen molar-refractivity contribution in [3.63, 3.8) is 0 Å². The summed E-state index contributed by atoms with van der Waals surface area (Å²) in [6.45, 7) is 2.03. The van der Waals surface area contributed by atoms with Gasteiger partial charge in [-0.3, -0.25) is 4.79 Å². The number of thiophene rings is 1. The first-order chi connectivity index (χ1) is 7.75. The Balaban J connectivity index is 1.98. The molecule has 3 nitrogen and oxygen atoms in total. The molecule has 0 radical (unpaired) electrons. The van der Waals surface area contributed by atoms with Crippen LogP contribution in [-0.2, 0) is 6.61 Å². The van der Waals surface area contributed by atoms with Crippen LogP contribution in [0.5, 0.6) is 5.88 Å². The van der Waals surface area contributed by atoms with Gasteiger partial charge in [0.05, 0.1) is 0 Å². The quantitative estimate of drug-likeness (QED) is 0.762. The van der Waals surface area contributed by atoms with E-state index in [1.807, 2.05) is 17.5 Å². The minimum Gasteiger partial charge on any atom is -0.472 e. The lowest BCUT2D eigenvalue weighted by atomic mass is 10.2. The minimum atomic E-state index is 0.0114. The molecular formula is C12H11NO2S. The van der Waals surface area contributed by atoms with Crippen LogP contribution < -0.4 is 4.74 Å². The van der Waals surface area contributed by atoms with E-state index in [4.69, 9.17) is 4.74 Å². The summed E-state index contributed by atoms with van der Waals surface area (Å²) in [5.74, 6) is 0.552. The first-order valence-electron chi connectivity index (χ1n) is 4.88. The molecule has 0 aliphatic rings. The Morgan fingerprint density at radius 1 is 1.44 bits per heavy atom. The van der Waals surface area contributed by atoms with E-state index in [-0.39, 0.29) is 5.78 Å². The van der Waals surface area contributed by atoms with E-state index in [9.17, 15) is 4.79 Å². The van der Waals surface area contributed by atoms with Crippen LogP contribution in [0.25, 0.3) is 0 Å². The average Bonchev–Trinajstić information content (AvgIpc) is 2.80. The number of hydrogen-bond acceptors (Lipinski definition) is 4. The number of ketones is 1. The molecule has 4 heteroatoms. The second-order valence-electron chi connectivity index (χ2n) is 3.31. The van der Waals surface area contributed by atoms with E-state index in [0.29, 0.717) is 18.1 Å². The van der Waals surface area contributed by atoms with E-state index < -0.39 is 0 Å². The summed E-state index contributed by atoms with van der Waals surface area (Å²) >= 11 is 1.64. The zero-order valence-corrected chi connectivity index (χ0v) is 9.66. The third-order valence-electron chi connectivity index (χ3n) is 2.09. The van der Waals surface area contributed by atoms with Crippen molar-refractivity contribution < 1.29 is 9.53 Å². The molecule has 0 aliphatic carbocycles. The SMILES string of the molecule is CC(=O)c1ccc(OCc2cccs2)nc1. The van der Waals surface area contributed by atoms with Crippen LogP contribution in [0, 0.1) is 0 Å². The summed E-state index contributed by atoms with van der Waals surface area (Å²) in [6.07, 6.45) is 1.53. The molecule has 0 amide bonds. The maximum absolute atomic E-state index is 11.0. The molecule has 82 valence electrons. The standard InChI is InChI=1S/C12H11NO2S/c1-9(14)10-4-5-12(13-7-10)15-8-11-3-2-6-16-11/h2-7H,8H2,1H3. The highest BCUT2D eigenvalue weighted by molar-refractivity contribution is 7.09. The molecule has 0 unspecified atom stereocenters. The first kappa shape index (κ1) is 10.8. The third kappa shape index (κ3) is 2.67. The molecule has 2 heterocycles. The normalized spacial score (nSPS) is 10.1. The molecule has 0 saturated heterocycles. The van der Waals surface area contributed by atoms with Gasteiger partial charge in [-0.05, 0) is 24.4 Å². The number of rotatable bonds is 4. The van der Waals surface area contributed by atoms with Crippen molar-refractivity contribution >= 4 is 17.1 Å². The lowest BCUT2D eigenvalue weighted by Gasteiger charge is -2.03. The molecule has 0 atom stereocenters. The fourth-order valence-electron chi connectivity index (χ4n) is 1.21. The molecule has 0 N–H and O–H groups in total. The highest BCUT2D eigenvalue weighted by atomic mass is 32.1. The Morgan fingerprint density at radius 3 is 2.88 bits per heavy atom. The van der Waals surface area contributed by atoms with Crippen molar-refractivity contribution in [2.45, 2.75) is 13.5 Å². The fraction of sp³-hybridized carbons (Fsp3) is 0.167. The molecule has 0 bridgehead atoms. The van der Waals surface area contributed by atoms with E-state index in [1.54, 1.807) is 23.5 Å². The maximum atomic E-state index is 11.0. The second kappa shape index (κ2) is 4.90. The van der Waals surface area contributed by atoms with Crippen LogP contribution in [0.4, 0.5) is 0 Å². The zero-order valence-electron chi connectivity index (χ0n) is 8.84. The number of carbonyl (C=O) groups excluding carboxylic acids is 1. The van der Waals surface area contributed by atoms with Crippen LogP contribution in [0.15, 0.2) is 35.8 Å². The second-order valence-corrected chi connectivity index (χ2v) is 4.34. The predicted octanol–water partition coefficient (Wildman–Crippen LogP) is 2.92. The summed E-state index contributed by atoms with van der Waals surface area (Å²) < 4.78 is 5.47. The Morgan fingerprint density at radius 2 is 2.31 bits per heavy atom. The van der Waals surface area contributed by atoms with Crippen molar-refractivity contribution in [1.82, 2.24) is 4.98 Å². The van der Waals surface area contributed by atoms with Crippen molar-refractivity contribution in [2.24, 2.45) is 0 Å². The van der Waals surface area contributed by atoms with E-state index in [2.05, 4.69) is 4.98 Å². The molecule has 0 aromatic carbocycles. The summed E-state index contributed by atoms with van der Waals surface area (Å²) in [4.78, 5) is 16.2. The van der Waals surface area contributed by atoms with Gasteiger partial charge in [0.1, 0.15) is 6.61 Å². The Labute approximate surface area is 97.7 Å². The van der Waals surface area contributed by atoms with E-state index in [1.165, 1.54) is 13.1 Å². The maximum Gasteiger partial charge on any atom is 0.213 e. The van der Waals surface area contributed by atoms with Gasteiger partial charge in [0.25, 0.3) is 0 Å². The molecule has 16 heavy (non-hydrogen) atoms. The molecule has 0 aliphatic heterocycles. The van der Waals surface area contributed by atoms with Gasteiger partial charge in [0.15, 0.2) is 5.78 Å². The van der Waals surface area contributed by atoms with Gasteiger partial charge in [-0.25, -0.2) is 4.98 Å². The summed E-state index contributed by atoms with van der Waals surface area (Å²) in [6, 6.07) is 7.42. The van der Waals surface area contributed by atoms with Gasteiger partial charge in [-0.1, -0.05) is 6.07 Å². The number of ether oxygens (including phenoxy) is 1. The van der Waals surface area contributed by atoms with Gasteiger partial charge in [0.2, 0.25) is 5.88 Å². The number of hydrogen-bond donors (Lipinski definition) is 0. The smallest absolute Gasteiger partial charge is 0.213 e. The monoisotopic (exact) mass is 233 g/mol. The van der Waals surface area contributed by atoms with Crippen LogP contribution >= 0.6 is 11.3 Å². The van der Waals surface area contributed by atoms with Crippen molar-refractivity contribution in [2.75, 3.05) is 0 Å². The zero-order chi connectivity index (χ0) is 11.4. The molecule has 2 aromatic heterocycles. The Kier molecular flexibility index (Phi) is 3.31. The van der Waals surface area contributed by atoms with Gasteiger partial charge in [-0.2, -0.15) is 0 Å². The van der Waals surface area contributed by atoms with Crippen molar-refractivity contribution in [3.05, 3.63) is 46.3 Å². The number of aromatic nitrogens is 1. The highest BCUT2D eigenvalue weighted by Crippen LogP contribution is 2.13. The molecular weight excluding hydrogens is 222 g/mol. The summed E-state index contributed by atoms with van der Waals surface area (Å²) in [5.41, 5.74) is 0.600. The lowest BCUT2D eigenvalue weighted by Crippen LogP contribution is -1.97. The number of nitrogens with zero attached hydrogens (tertiary/aromatic N) is 1. The predicted molar refractivity (Wildman–Crippen MR) is 62.9 cm³/mol. The van der Waals surface area contributed by atoms with Gasteiger partial charge >= 0.3 is 0 Å². The number of Topliss-reactive ketones (excluding diaryl/α,β-unsaturated/α-hetero) is 1. The molecule has 2 aromatic rings. The van der Waals surface area contributed by atoms with Crippen LogP contribution in [0.3, 0.4) is 0 Å². The van der Waals surface area contributed by atoms with E-state index in [0.717, 1.165) is 4.88 Å². The van der Waals surface area contributed by atoms with Gasteiger partial charge in [-0.15, -0.1) is 11.3 Å². The van der Waals surface area contributed by atoms with Gasteiger partial charge in [0, 0.05) is 22.7 Å². The largest absolute Gasteiger partial charge is 0.472 e. The average molecular weight is 233 g/mol. The van der Waals surface area contributed by atoms with E-state index >= 15 is 0 Å². The Hall–Kier alpha value is -1.68. The van der Waals surface area contributed by atoms with Crippen LogP contribution in [0.1, 0.15) is 22.2 Å². The third-order valence-corrected chi connectivity index (χ3v) is 2.94. The fourth-order valence-corrected chi connectivity index (χ4v) is 1.83. The summed E-state index contributed by atoms with van der Waals surface area (Å²) in [7, 11) is 0. The van der Waals surface area contributed by atoms with Crippen molar-refractivity contribution in [1.29, 1.82) is 0 Å².